The summed E-state index contributed by atoms with van der Waals surface area (Å²) in [5.74, 6) is -1.05. The van der Waals surface area contributed by atoms with E-state index in [4.69, 9.17) is 4.74 Å². The number of nitrogens with zero attached hydrogens (tertiary/aromatic N) is 2. The fraction of sp³-hybridized carbons (Fsp3) is 0.632. The maximum absolute atomic E-state index is 12.3. The van der Waals surface area contributed by atoms with E-state index in [2.05, 4.69) is 0 Å². The van der Waals surface area contributed by atoms with E-state index in [9.17, 15) is 14.4 Å². The molecule has 0 radical (unpaired) electrons. The van der Waals surface area contributed by atoms with Gasteiger partial charge in [0, 0.05) is 43.0 Å². The lowest BCUT2D eigenvalue weighted by Gasteiger charge is -2.23. The van der Waals surface area contributed by atoms with Crippen molar-refractivity contribution >= 4 is 17.7 Å². The molecule has 2 heterocycles. The maximum atomic E-state index is 12.3. The molecule has 0 aromatic carbocycles. The Balaban J connectivity index is 1.55. The van der Waals surface area contributed by atoms with Crippen LogP contribution in [-0.2, 0) is 21.4 Å². The Labute approximate surface area is 148 Å². The van der Waals surface area contributed by atoms with Crippen LogP contribution in [0.25, 0.3) is 0 Å². The highest BCUT2D eigenvalue weighted by Crippen LogP contribution is 2.29. The average molecular weight is 346 g/mol. The molecule has 6 heteroatoms. The fourth-order valence-electron chi connectivity index (χ4n) is 3.93. The lowest BCUT2D eigenvalue weighted by Crippen LogP contribution is -2.35. The largest absolute Gasteiger partial charge is 0.457 e. The smallest absolute Gasteiger partial charge is 0.311 e. The van der Waals surface area contributed by atoms with Crippen LogP contribution in [0.4, 0.5) is 0 Å². The predicted molar refractivity (Wildman–Crippen MR) is 92.3 cm³/mol. The molecule has 0 unspecified atom stereocenters. The van der Waals surface area contributed by atoms with Gasteiger partial charge >= 0.3 is 5.97 Å². The van der Waals surface area contributed by atoms with Crippen LogP contribution in [0.2, 0.25) is 0 Å². The monoisotopic (exact) mass is 346 g/mol. The third-order valence-corrected chi connectivity index (χ3v) is 5.68. The normalized spacial score (nSPS) is 21.2. The minimum atomic E-state index is -0.445. The number of carbonyl (C=O) groups excluding carboxylic acids is 3. The van der Waals surface area contributed by atoms with Gasteiger partial charge in [-0.2, -0.15) is 0 Å². The van der Waals surface area contributed by atoms with Crippen molar-refractivity contribution in [2.24, 2.45) is 13.0 Å². The first-order valence-corrected chi connectivity index (χ1v) is 9.00. The predicted octanol–water partition coefficient (Wildman–Crippen LogP) is 2.16. The Morgan fingerprint density at radius 3 is 2.52 bits per heavy atom. The maximum Gasteiger partial charge on any atom is 0.311 e. The Hall–Kier alpha value is -2.11. The van der Waals surface area contributed by atoms with Crippen molar-refractivity contribution in [2.75, 3.05) is 13.2 Å². The number of ether oxygens (including phenoxy) is 1. The van der Waals surface area contributed by atoms with Gasteiger partial charge < -0.3 is 14.2 Å². The van der Waals surface area contributed by atoms with Gasteiger partial charge in [-0.15, -0.1) is 0 Å². The SMILES string of the molecule is Cc1cc(C(=O)COC(=O)[C@H]2CC(=O)N(C3CCCC3)C2)c(C)n1C. The highest BCUT2D eigenvalue weighted by molar-refractivity contribution is 5.99. The van der Waals surface area contributed by atoms with Gasteiger partial charge in [0.15, 0.2) is 6.61 Å². The van der Waals surface area contributed by atoms with Gasteiger partial charge in [-0.3, -0.25) is 14.4 Å². The second kappa shape index (κ2) is 7.02. The number of aromatic nitrogens is 1. The van der Waals surface area contributed by atoms with E-state index in [-0.39, 0.29) is 30.8 Å². The molecule has 6 nitrogen and oxygen atoms in total. The number of amides is 1. The van der Waals surface area contributed by atoms with Gasteiger partial charge in [0.2, 0.25) is 11.7 Å². The molecule has 0 bridgehead atoms. The third-order valence-electron chi connectivity index (χ3n) is 5.68. The number of Topliss-reactive ketones (excluding diaryl/α,β-unsaturated/α-hetero) is 1. The zero-order chi connectivity index (χ0) is 18.1. The van der Waals surface area contributed by atoms with E-state index < -0.39 is 11.9 Å². The number of rotatable bonds is 5. The van der Waals surface area contributed by atoms with Crippen LogP contribution in [-0.4, -0.2) is 46.3 Å². The van der Waals surface area contributed by atoms with Crippen LogP contribution in [0, 0.1) is 19.8 Å². The zero-order valence-electron chi connectivity index (χ0n) is 15.2. The van der Waals surface area contributed by atoms with Gasteiger partial charge in [-0.1, -0.05) is 12.8 Å². The number of hydrogen-bond donors (Lipinski definition) is 0. The quantitative estimate of drug-likeness (QED) is 0.605. The lowest BCUT2D eigenvalue weighted by atomic mass is 10.1. The summed E-state index contributed by atoms with van der Waals surface area (Å²) in [6, 6.07) is 2.09. The summed E-state index contributed by atoms with van der Waals surface area (Å²) >= 11 is 0. The van der Waals surface area contributed by atoms with Crippen molar-refractivity contribution in [1.82, 2.24) is 9.47 Å². The standard InChI is InChI=1S/C19H26N2O4/c1-12-8-16(13(2)20(12)3)17(22)11-25-19(24)14-9-18(23)21(10-14)15-6-4-5-7-15/h8,14-15H,4-7,9-11H2,1-3H3/t14-/m0/s1. The molecule has 1 atom stereocenters. The second-order valence-corrected chi connectivity index (χ2v) is 7.26. The average Bonchev–Trinajstić information content (AvgIpc) is 3.29. The van der Waals surface area contributed by atoms with Gasteiger partial charge in [0.1, 0.15) is 0 Å². The van der Waals surface area contributed by atoms with Crippen molar-refractivity contribution in [1.29, 1.82) is 0 Å². The first-order chi connectivity index (χ1) is 11.9. The number of aryl methyl sites for hydroxylation is 1. The highest BCUT2D eigenvalue weighted by atomic mass is 16.5. The van der Waals surface area contributed by atoms with Crippen molar-refractivity contribution in [3.8, 4) is 0 Å². The van der Waals surface area contributed by atoms with Crippen LogP contribution in [0.15, 0.2) is 6.07 Å². The number of likely N-dealkylation sites (tertiary alicyclic amines) is 1. The molecular formula is C19H26N2O4. The summed E-state index contributed by atoms with van der Waals surface area (Å²) in [5.41, 5.74) is 2.44. The first kappa shape index (κ1) is 17.7. The molecule has 1 saturated carbocycles. The molecule has 1 aromatic rings. The zero-order valence-corrected chi connectivity index (χ0v) is 15.2. The number of hydrogen-bond acceptors (Lipinski definition) is 4. The van der Waals surface area contributed by atoms with Crippen molar-refractivity contribution in [3.63, 3.8) is 0 Å². The molecule has 2 fully saturated rings. The van der Waals surface area contributed by atoms with Crippen LogP contribution in [0.1, 0.15) is 53.8 Å². The van der Waals surface area contributed by atoms with E-state index in [1.54, 1.807) is 0 Å². The van der Waals surface area contributed by atoms with Crippen LogP contribution >= 0.6 is 0 Å². The van der Waals surface area contributed by atoms with Crippen molar-refractivity contribution in [2.45, 2.75) is 52.0 Å². The Morgan fingerprint density at radius 2 is 1.92 bits per heavy atom. The molecule has 1 amide bonds. The topological polar surface area (TPSA) is 68.6 Å². The van der Waals surface area contributed by atoms with E-state index in [1.165, 1.54) is 0 Å². The van der Waals surface area contributed by atoms with E-state index in [1.807, 2.05) is 36.4 Å². The van der Waals surface area contributed by atoms with Gasteiger partial charge in [-0.25, -0.2) is 0 Å². The van der Waals surface area contributed by atoms with E-state index in [0.717, 1.165) is 37.1 Å². The fourth-order valence-corrected chi connectivity index (χ4v) is 3.93. The van der Waals surface area contributed by atoms with Gasteiger partial charge in [0.25, 0.3) is 0 Å². The molecule has 1 saturated heterocycles. The number of esters is 1. The molecule has 136 valence electrons. The summed E-state index contributed by atoms with van der Waals surface area (Å²) < 4.78 is 7.16. The summed E-state index contributed by atoms with van der Waals surface area (Å²) in [6.07, 6.45) is 4.55. The number of ketones is 1. The summed E-state index contributed by atoms with van der Waals surface area (Å²) in [6.45, 7) is 3.96. The molecule has 1 aromatic heterocycles. The Kier molecular flexibility index (Phi) is 4.97. The van der Waals surface area contributed by atoms with Crippen LogP contribution in [0.5, 0.6) is 0 Å². The van der Waals surface area contributed by atoms with Crippen molar-refractivity contribution < 1.29 is 19.1 Å². The van der Waals surface area contributed by atoms with Gasteiger partial charge in [-0.05, 0) is 32.8 Å². The van der Waals surface area contributed by atoms with E-state index >= 15 is 0 Å². The summed E-state index contributed by atoms with van der Waals surface area (Å²) in [5, 5.41) is 0. The molecule has 2 aliphatic rings. The summed E-state index contributed by atoms with van der Waals surface area (Å²) in [4.78, 5) is 38.6. The highest BCUT2D eigenvalue weighted by Gasteiger charge is 2.39. The Morgan fingerprint density at radius 1 is 1.24 bits per heavy atom. The molecule has 1 aliphatic heterocycles. The van der Waals surface area contributed by atoms with Crippen LogP contribution in [0.3, 0.4) is 0 Å². The number of carbonyl (C=O) groups is 3. The molecular weight excluding hydrogens is 320 g/mol. The lowest BCUT2D eigenvalue weighted by molar-refractivity contribution is -0.147. The second-order valence-electron chi connectivity index (χ2n) is 7.26. The van der Waals surface area contributed by atoms with Crippen molar-refractivity contribution in [3.05, 3.63) is 23.0 Å². The molecule has 1 aliphatic carbocycles. The van der Waals surface area contributed by atoms with Gasteiger partial charge in [0.05, 0.1) is 5.92 Å². The minimum Gasteiger partial charge on any atom is -0.457 e. The van der Waals surface area contributed by atoms with Crippen LogP contribution < -0.4 is 0 Å². The molecule has 0 N–H and O–H groups in total. The molecule has 25 heavy (non-hydrogen) atoms. The minimum absolute atomic E-state index is 0.0368. The molecule has 3 rings (SSSR count). The first-order valence-electron chi connectivity index (χ1n) is 9.00. The third kappa shape index (κ3) is 3.48. The Bertz CT molecular complexity index is 701. The molecule has 0 spiro atoms. The van der Waals surface area contributed by atoms with E-state index in [0.29, 0.717) is 12.1 Å². The summed E-state index contributed by atoms with van der Waals surface area (Å²) in [7, 11) is 1.90.